The fraction of sp³-hybridized carbons (Fsp3) is 0. The third kappa shape index (κ3) is 4.55. The minimum absolute atomic E-state index is 0.114. The van der Waals surface area contributed by atoms with E-state index in [9.17, 15) is 19.5 Å². The highest BCUT2D eigenvalue weighted by Gasteiger charge is 2.17. The summed E-state index contributed by atoms with van der Waals surface area (Å²) in [6, 6.07) is 19.8. The van der Waals surface area contributed by atoms with Crippen molar-refractivity contribution in [1.82, 2.24) is 4.98 Å². The number of rotatable bonds is 6. The molecule has 0 aliphatic heterocycles. The predicted octanol–water partition coefficient (Wildman–Crippen LogP) is 5.01. The Morgan fingerprint density at radius 3 is 2.00 bits per heavy atom. The average molecular weight is 443 g/mol. The van der Waals surface area contributed by atoms with E-state index >= 15 is 0 Å². The number of nitrogens with zero attached hydrogens (tertiary/aromatic N) is 1. The van der Waals surface area contributed by atoms with E-state index in [2.05, 4.69) is 15.6 Å². The Kier molecular flexibility index (Phi) is 6.05. The highest BCUT2D eigenvalue weighted by Crippen LogP contribution is 2.28. The molecule has 158 valence electrons. The molecule has 1 aromatic heterocycles. The van der Waals surface area contributed by atoms with Crippen LogP contribution in [0, 0.1) is 0 Å². The summed E-state index contributed by atoms with van der Waals surface area (Å²) in [5, 5.41) is 17.3. The average Bonchev–Trinajstić information content (AvgIpc) is 3.32. The summed E-state index contributed by atoms with van der Waals surface area (Å²) in [6.45, 7) is 0. The second kappa shape index (κ2) is 9.23. The molecular formula is C24H17N3O4S. The Bertz CT molecular complexity index is 1280. The number of carbonyl (C=O) groups is 3. The first-order valence-electron chi connectivity index (χ1n) is 9.57. The van der Waals surface area contributed by atoms with Crippen LogP contribution in [0.3, 0.4) is 0 Å². The molecule has 0 spiro atoms. The molecule has 0 bridgehead atoms. The van der Waals surface area contributed by atoms with Crippen LogP contribution < -0.4 is 10.6 Å². The number of benzene rings is 3. The van der Waals surface area contributed by atoms with Crippen LogP contribution in [0.5, 0.6) is 0 Å². The smallest absolute Gasteiger partial charge is 0.336 e. The number of nitrogens with one attached hydrogen (secondary N) is 2. The highest BCUT2D eigenvalue weighted by molar-refractivity contribution is 7.13. The molecule has 1 heterocycles. The lowest BCUT2D eigenvalue weighted by Gasteiger charge is -2.12. The number of hydrogen-bond acceptors (Lipinski definition) is 5. The van der Waals surface area contributed by atoms with Crippen molar-refractivity contribution >= 4 is 39.9 Å². The van der Waals surface area contributed by atoms with E-state index in [1.165, 1.54) is 17.4 Å². The zero-order valence-corrected chi connectivity index (χ0v) is 17.4. The number of hydrogen-bond donors (Lipinski definition) is 3. The maximum absolute atomic E-state index is 13.0. The maximum atomic E-state index is 13.0. The highest BCUT2D eigenvalue weighted by atomic mass is 32.1. The quantitative estimate of drug-likeness (QED) is 0.388. The standard InChI is InChI=1S/C24H17N3O4S/c28-21(27-24-25-13-14-32-24)15-9-11-16(12-10-15)26-22(29)19-7-3-1-5-17(19)18-6-2-4-8-20(18)23(30)31/h1-14H,(H,26,29)(H,30,31)(H,25,27,28). The van der Waals surface area contributed by atoms with Crippen LogP contribution in [0.1, 0.15) is 31.1 Å². The zero-order valence-electron chi connectivity index (χ0n) is 16.6. The fourth-order valence-electron chi connectivity index (χ4n) is 3.18. The first-order chi connectivity index (χ1) is 15.5. The van der Waals surface area contributed by atoms with Crippen molar-refractivity contribution in [1.29, 1.82) is 0 Å². The summed E-state index contributed by atoms with van der Waals surface area (Å²) >= 11 is 1.32. The van der Waals surface area contributed by atoms with Gasteiger partial charge in [0.15, 0.2) is 5.13 Å². The molecule has 4 rings (SSSR count). The Labute approximate surface area is 187 Å². The van der Waals surface area contributed by atoms with Crippen LogP contribution in [0.2, 0.25) is 0 Å². The molecule has 3 N–H and O–H groups in total. The van der Waals surface area contributed by atoms with Gasteiger partial charge in [0.05, 0.1) is 5.56 Å². The Hall–Kier alpha value is -4.30. The van der Waals surface area contributed by atoms with Gasteiger partial charge in [-0.1, -0.05) is 36.4 Å². The Morgan fingerprint density at radius 2 is 1.38 bits per heavy atom. The van der Waals surface area contributed by atoms with Gasteiger partial charge < -0.3 is 10.4 Å². The number of aromatic carboxylic acids is 1. The van der Waals surface area contributed by atoms with Gasteiger partial charge in [0, 0.05) is 28.4 Å². The molecule has 3 aromatic carbocycles. The molecule has 4 aromatic rings. The molecule has 0 fully saturated rings. The SMILES string of the molecule is O=C(Nc1nccs1)c1ccc(NC(=O)c2ccccc2-c2ccccc2C(=O)O)cc1. The number of thiazole rings is 1. The maximum Gasteiger partial charge on any atom is 0.336 e. The summed E-state index contributed by atoms with van der Waals surface area (Å²) in [6.07, 6.45) is 1.60. The topological polar surface area (TPSA) is 108 Å². The van der Waals surface area contributed by atoms with E-state index in [1.54, 1.807) is 78.3 Å². The van der Waals surface area contributed by atoms with Gasteiger partial charge >= 0.3 is 5.97 Å². The van der Waals surface area contributed by atoms with E-state index in [0.717, 1.165) is 0 Å². The lowest BCUT2D eigenvalue weighted by Crippen LogP contribution is -2.14. The molecule has 7 nitrogen and oxygen atoms in total. The van der Waals surface area contributed by atoms with Gasteiger partial charge in [-0.15, -0.1) is 11.3 Å². The van der Waals surface area contributed by atoms with Crippen LogP contribution in [-0.4, -0.2) is 27.9 Å². The molecule has 8 heteroatoms. The van der Waals surface area contributed by atoms with Crippen LogP contribution in [0.25, 0.3) is 11.1 Å². The minimum Gasteiger partial charge on any atom is -0.478 e. The predicted molar refractivity (Wildman–Crippen MR) is 123 cm³/mol. The van der Waals surface area contributed by atoms with E-state index in [4.69, 9.17) is 0 Å². The Morgan fingerprint density at radius 1 is 0.750 bits per heavy atom. The molecule has 32 heavy (non-hydrogen) atoms. The first-order valence-corrected chi connectivity index (χ1v) is 10.4. The van der Waals surface area contributed by atoms with Crippen molar-refractivity contribution in [2.75, 3.05) is 10.6 Å². The lowest BCUT2D eigenvalue weighted by molar-refractivity contribution is 0.0697. The van der Waals surface area contributed by atoms with Crippen molar-refractivity contribution in [3.8, 4) is 11.1 Å². The van der Waals surface area contributed by atoms with Crippen molar-refractivity contribution in [2.24, 2.45) is 0 Å². The molecule has 0 saturated heterocycles. The van der Waals surface area contributed by atoms with Crippen LogP contribution >= 0.6 is 11.3 Å². The summed E-state index contributed by atoms with van der Waals surface area (Å²) < 4.78 is 0. The molecule has 0 aliphatic carbocycles. The molecule has 0 aliphatic rings. The molecule has 0 atom stereocenters. The van der Waals surface area contributed by atoms with Gasteiger partial charge in [0.2, 0.25) is 0 Å². The van der Waals surface area contributed by atoms with Crippen LogP contribution in [0.4, 0.5) is 10.8 Å². The first kappa shape index (κ1) is 21.0. The number of carbonyl (C=O) groups excluding carboxylic acids is 2. The normalized spacial score (nSPS) is 10.4. The summed E-state index contributed by atoms with van der Waals surface area (Å²) in [4.78, 5) is 40.9. The molecule has 0 radical (unpaired) electrons. The van der Waals surface area contributed by atoms with E-state index in [0.29, 0.717) is 33.1 Å². The van der Waals surface area contributed by atoms with Gasteiger partial charge in [-0.05, 0) is 47.5 Å². The third-order valence-electron chi connectivity index (χ3n) is 4.68. The minimum atomic E-state index is -1.07. The zero-order chi connectivity index (χ0) is 22.5. The summed E-state index contributed by atoms with van der Waals surface area (Å²) in [5.74, 6) is -1.75. The molecule has 0 unspecified atom stereocenters. The van der Waals surface area contributed by atoms with Crippen molar-refractivity contribution < 1.29 is 19.5 Å². The second-order valence-electron chi connectivity index (χ2n) is 6.72. The van der Waals surface area contributed by atoms with Crippen LogP contribution in [-0.2, 0) is 0 Å². The van der Waals surface area contributed by atoms with Gasteiger partial charge in [-0.2, -0.15) is 0 Å². The Balaban J connectivity index is 1.54. The molecule has 0 saturated carbocycles. The lowest BCUT2D eigenvalue weighted by atomic mass is 9.95. The third-order valence-corrected chi connectivity index (χ3v) is 5.37. The number of anilines is 2. The molecular weight excluding hydrogens is 426 g/mol. The van der Waals surface area contributed by atoms with Gasteiger partial charge in [-0.3, -0.25) is 14.9 Å². The monoisotopic (exact) mass is 443 g/mol. The fourth-order valence-corrected chi connectivity index (χ4v) is 3.70. The summed E-state index contributed by atoms with van der Waals surface area (Å²) in [7, 11) is 0. The van der Waals surface area contributed by atoms with Gasteiger partial charge in [0.25, 0.3) is 11.8 Å². The van der Waals surface area contributed by atoms with E-state index in [-0.39, 0.29) is 17.4 Å². The number of amides is 2. The number of carboxylic acids is 1. The van der Waals surface area contributed by atoms with E-state index in [1.807, 2.05) is 0 Å². The largest absolute Gasteiger partial charge is 0.478 e. The van der Waals surface area contributed by atoms with Gasteiger partial charge in [0.1, 0.15) is 0 Å². The van der Waals surface area contributed by atoms with Crippen molar-refractivity contribution in [2.45, 2.75) is 0 Å². The summed E-state index contributed by atoms with van der Waals surface area (Å²) in [5.41, 5.74) is 2.36. The molecule has 2 amide bonds. The van der Waals surface area contributed by atoms with Crippen LogP contribution in [0.15, 0.2) is 84.4 Å². The number of aromatic nitrogens is 1. The second-order valence-corrected chi connectivity index (χ2v) is 7.61. The van der Waals surface area contributed by atoms with E-state index < -0.39 is 5.97 Å². The van der Waals surface area contributed by atoms with Crippen molar-refractivity contribution in [3.05, 3.63) is 101 Å². The van der Waals surface area contributed by atoms with Crippen molar-refractivity contribution in [3.63, 3.8) is 0 Å². The van der Waals surface area contributed by atoms with Gasteiger partial charge in [-0.25, -0.2) is 9.78 Å². The number of carboxylic acid groups (broad SMARTS) is 1.